The summed E-state index contributed by atoms with van der Waals surface area (Å²) in [4.78, 5) is 13.1. The summed E-state index contributed by atoms with van der Waals surface area (Å²) in [5.41, 5.74) is 0.768. The Hall–Kier alpha value is -2.03. The predicted molar refractivity (Wildman–Crippen MR) is 110 cm³/mol. The van der Waals surface area contributed by atoms with Crippen molar-refractivity contribution in [1.29, 1.82) is 0 Å². The molecule has 0 radical (unpaired) electrons. The topological polar surface area (TPSA) is 35.5 Å². The molecule has 3 rings (SSSR count). The monoisotopic (exact) mass is 368 g/mol. The molecule has 2 atom stereocenters. The smallest absolute Gasteiger partial charge is 0.313 e. The minimum atomic E-state index is -0.357. The van der Waals surface area contributed by atoms with Gasteiger partial charge < -0.3 is 9.47 Å². The van der Waals surface area contributed by atoms with Crippen LogP contribution in [0.15, 0.2) is 36.4 Å². The van der Waals surface area contributed by atoms with E-state index in [0.29, 0.717) is 0 Å². The van der Waals surface area contributed by atoms with Crippen molar-refractivity contribution >= 4 is 16.7 Å². The maximum absolute atomic E-state index is 13.1. The average molecular weight is 369 g/mol. The van der Waals surface area contributed by atoms with Gasteiger partial charge in [-0.25, -0.2) is 0 Å². The van der Waals surface area contributed by atoms with Crippen LogP contribution in [-0.4, -0.2) is 13.1 Å². The molecule has 0 aliphatic heterocycles. The standard InChI is InChI=1S/C24H32O3/c1-16(17-8-9-19-13-20(26-7)11-10-18(19)12-17)27-21(25)24(14-22(2,3)4)15-23(24,5)6/h8-13,16H,14-15H2,1-7H3. The van der Waals surface area contributed by atoms with E-state index in [1.165, 1.54) is 0 Å². The van der Waals surface area contributed by atoms with E-state index in [2.05, 4.69) is 46.8 Å². The number of rotatable bonds is 5. The second-order valence-electron chi connectivity index (χ2n) is 9.90. The van der Waals surface area contributed by atoms with Gasteiger partial charge in [-0.15, -0.1) is 0 Å². The highest BCUT2D eigenvalue weighted by atomic mass is 16.5. The minimum Gasteiger partial charge on any atom is -0.497 e. The summed E-state index contributed by atoms with van der Waals surface area (Å²) in [5, 5.41) is 2.23. The van der Waals surface area contributed by atoms with Gasteiger partial charge in [0.1, 0.15) is 11.9 Å². The van der Waals surface area contributed by atoms with Gasteiger partial charge >= 0.3 is 5.97 Å². The number of hydrogen-bond donors (Lipinski definition) is 0. The molecule has 27 heavy (non-hydrogen) atoms. The van der Waals surface area contributed by atoms with Crippen LogP contribution in [0.1, 0.15) is 66.1 Å². The Morgan fingerprint density at radius 3 is 2.26 bits per heavy atom. The molecule has 2 aromatic carbocycles. The molecule has 146 valence electrons. The summed E-state index contributed by atoms with van der Waals surface area (Å²) in [7, 11) is 1.67. The molecule has 0 heterocycles. The Bertz CT molecular complexity index is 860. The summed E-state index contributed by atoms with van der Waals surface area (Å²) < 4.78 is 11.3. The van der Waals surface area contributed by atoms with Crippen LogP contribution >= 0.6 is 0 Å². The molecular formula is C24H32O3. The van der Waals surface area contributed by atoms with Crippen molar-refractivity contribution in [2.75, 3.05) is 7.11 Å². The van der Waals surface area contributed by atoms with Crippen molar-refractivity contribution in [2.24, 2.45) is 16.2 Å². The number of esters is 1. The third-order valence-corrected chi connectivity index (χ3v) is 5.96. The Morgan fingerprint density at radius 1 is 1.11 bits per heavy atom. The van der Waals surface area contributed by atoms with Crippen LogP contribution in [0.5, 0.6) is 5.75 Å². The van der Waals surface area contributed by atoms with Crippen LogP contribution in [0.2, 0.25) is 0 Å². The Labute approximate surface area is 163 Å². The molecule has 1 saturated carbocycles. The average Bonchev–Trinajstić information content (AvgIpc) is 3.13. The quantitative estimate of drug-likeness (QED) is 0.581. The van der Waals surface area contributed by atoms with E-state index < -0.39 is 0 Å². The van der Waals surface area contributed by atoms with Crippen LogP contribution in [-0.2, 0) is 9.53 Å². The van der Waals surface area contributed by atoms with Crippen LogP contribution in [0.3, 0.4) is 0 Å². The van der Waals surface area contributed by atoms with Crippen molar-refractivity contribution in [3.63, 3.8) is 0 Å². The zero-order valence-corrected chi connectivity index (χ0v) is 17.7. The fourth-order valence-corrected chi connectivity index (χ4v) is 4.30. The summed E-state index contributed by atoms with van der Waals surface area (Å²) in [5.74, 6) is 0.791. The van der Waals surface area contributed by atoms with Gasteiger partial charge in [0.05, 0.1) is 12.5 Å². The third-order valence-electron chi connectivity index (χ3n) is 5.96. The van der Waals surface area contributed by atoms with E-state index in [-0.39, 0.29) is 28.3 Å². The van der Waals surface area contributed by atoms with E-state index in [4.69, 9.17) is 9.47 Å². The van der Waals surface area contributed by atoms with E-state index in [0.717, 1.165) is 34.9 Å². The lowest BCUT2D eigenvalue weighted by Gasteiger charge is -2.28. The Kier molecular flexibility index (Phi) is 4.78. The first-order valence-corrected chi connectivity index (χ1v) is 9.76. The highest BCUT2D eigenvalue weighted by Gasteiger charge is 2.68. The molecule has 1 fully saturated rings. The van der Waals surface area contributed by atoms with Crippen LogP contribution in [0.4, 0.5) is 0 Å². The summed E-state index contributed by atoms with van der Waals surface area (Å²) in [6, 6.07) is 12.2. The third kappa shape index (κ3) is 3.83. The molecule has 1 aliphatic carbocycles. The van der Waals surface area contributed by atoms with E-state index in [1.54, 1.807) is 7.11 Å². The number of fused-ring (bicyclic) bond motifs is 1. The maximum Gasteiger partial charge on any atom is 0.313 e. The van der Waals surface area contributed by atoms with Gasteiger partial charge in [-0.05, 0) is 65.1 Å². The van der Waals surface area contributed by atoms with Gasteiger partial charge in [0.15, 0.2) is 0 Å². The van der Waals surface area contributed by atoms with Gasteiger partial charge in [0.25, 0.3) is 0 Å². The second kappa shape index (κ2) is 6.54. The Balaban J connectivity index is 1.79. The number of benzene rings is 2. The highest BCUT2D eigenvalue weighted by Crippen LogP contribution is 2.68. The van der Waals surface area contributed by atoms with Crippen molar-refractivity contribution in [1.82, 2.24) is 0 Å². The zero-order chi connectivity index (χ0) is 20.0. The first-order chi connectivity index (χ1) is 12.5. The molecular weight excluding hydrogens is 336 g/mol. The van der Waals surface area contributed by atoms with E-state index >= 15 is 0 Å². The van der Waals surface area contributed by atoms with Crippen molar-refractivity contribution in [2.45, 2.75) is 60.5 Å². The molecule has 3 heteroatoms. The first-order valence-electron chi connectivity index (χ1n) is 9.76. The summed E-state index contributed by atoms with van der Waals surface area (Å²) in [6.07, 6.45) is 1.49. The number of ether oxygens (including phenoxy) is 2. The maximum atomic E-state index is 13.1. The molecule has 1 aliphatic rings. The van der Waals surface area contributed by atoms with Gasteiger partial charge in [-0.2, -0.15) is 0 Å². The van der Waals surface area contributed by atoms with Crippen molar-refractivity contribution < 1.29 is 14.3 Å². The van der Waals surface area contributed by atoms with Gasteiger partial charge in [-0.3, -0.25) is 4.79 Å². The number of carbonyl (C=O) groups is 1. The lowest BCUT2D eigenvalue weighted by atomic mass is 9.79. The normalized spacial score (nSPS) is 22.3. The van der Waals surface area contributed by atoms with Crippen LogP contribution < -0.4 is 4.74 Å². The lowest BCUT2D eigenvalue weighted by molar-refractivity contribution is -0.158. The minimum absolute atomic E-state index is 0.0109. The van der Waals surface area contributed by atoms with E-state index in [9.17, 15) is 4.79 Å². The molecule has 0 spiro atoms. The second-order valence-corrected chi connectivity index (χ2v) is 9.90. The lowest BCUT2D eigenvalue weighted by Crippen LogP contribution is -2.29. The molecule has 0 saturated heterocycles. The number of carbonyl (C=O) groups excluding carboxylic acids is 1. The fraction of sp³-hybridized carbons (Fsp3) is 0.542. The van der Waals surface area contributed by atoms with Crippen LogP contribution in [0, 0.1) is 16.2 Å². The van der Waals surface area contributed by atoms with Gasteiger partial charge in [0, 0.05) is 0 Å². The van der Waals surface area contributed by atoms with Gasteiger partial charge in [-0.1, -0.05) is 52.8 Å². The van der Waals surface area contributed by atoms with Gasteiger partial charge in [0.2, 0.25) is 0 Å². The van der Waals surface area contributed by atoms with Crippen molar-refractivity contribution in [3.8, 4) is 5.75 Å². The molecule has 2 aromatic rings. The van der Waals surface area contributed by atoms with Crippen LogP contribution in [0.25, 0.3) is 10.8 Å². The Morgan fingerprint density at radius 2 is 1.70 bits per heavy atom. The molecule has 0 amide bonds. The summed E-state index contributed by atoms with van der Waals surface area (Å²) in [6.45, 7) is 12.9. The number of hydrogen-bond acceptors (Lipinski definition) is 3. The summed E-state index contributed by atoms with van der Waals surface area (Å²) >= 11 is 0. The molecule has 0 aromatic heterocycles. The van der Waals surface area contributed by atoms with E-state index in [1.807, 2.05) is 31.2 Å². The fourth-order valence-electron chi connectivity index (χ4n) is 4.30. The zero-order valence-electron chi connectivity index (χ0n) is 17.7. The molecule has 0 N–H and O–H groups in total. The molecule has 0 bridgehead atoms. The largest absolute Gasteiger partial charge is 0.497 e. The molecule has 2 unspecified atom stereocenters. The first kappa shape index (κ1) is 19.7. The highest BCUT2D eigenvalue weighted by molar-refractivity contribution is 5.85. The number of methoxy groups -OCH3 is 1. The molecule has 3 nitrogen and oxygen atoms in total. The SMILES string of the molecule is COc1ccc2cc(C(C)OC(=O)C3(CC(C)(C)C)CC3(C)C)ccc2c1. The van der Waals surface area contributed by atoms with Crippen molar-refractivity contribution in [3.05, 3.63) is 42.0 Å². The predicted octanol–water partition coefficient (Wildman–Crippen LogP) is 6.31.